The number of piperidine rings is 1. The molecule has 1 aliphatic rings. The Kier molecular flexibility index (Phi) is 5.23. The van der Waals surface area contributed by atoms with E-state index in [2.05, 4.69) is 15.2 Å². The number of nitriles is 1. The Balaban J connectivity index is 1.92. The molecule has 1 aliphatic heterocycles. The molecule has 0 atom stereocenters. The fourth-order valence-corrected chi connectivity index (χ4v) is 2.43. The molecule has 1 N–H and O–H groups in total. The molecule has 0 spiro atoms. The predicted octanol–water partition coefficient (Wildman–Crippen LogP) is 2.32. The van der Waals surface area contributed by atoms with Gasteiger partial charge < -0.3 is 15.0 Å². The monoisotopic (exact) mass is 308 g/mol. The zero-order valence-corrected chi connectivity index (χ0v) is 12.6. The summed E-state index contributed by atoms with van der Waals surface area (Å²) in [6.07, 6.45) is 1.25. The zero-order valence-electron chi connectivity index (χ0n) is 11.8. The van der Waals surface area contributed by atoms with Crippen LogP contribution in [0.4, 0.5) is 10.6 Å². The second-order valence-electron chi connectivity index (χ2n) is 4.74. The van der Waals surface area contributed by atoms with Gasteiger partial charge in [-0.05, 0) is 31.9 Å². The number of nitrogens with one attached hydrogen (secondary N) is 1. The number of aromatic nitrogens is 1. The number of hydrogen-bond donors (Lipinski definition) is 1. The minimum atomic E-state index is -0.368. The van der Waals surface area contributed by atoms with Crippen LogP contribution in [0.5, 0.6) is 0 Å². The molecule has 7 heteroatoms. The van der Waals surface area contributed by atoms with Crippen molar-refractivity contribution in [3.8, 4) is 6.07 Å². The van der Waals surface area contributed by atoms with Gasteiger partial charge in [-0.3, -0.25) is 0 Å². The van der Waals surface area contributed by atoms with Gasteiger partial charge in [-0.1, -0.05) is 11.6 Å². The van der Waals surface area contributed by atoms with Crippen molar-refractivity contribution in [2.45, 2.75) is 25.8 Å². The molecule has 2 rings (SSSR count). The van der Waals surface area contributed by atoms with Gasteiger partial charge in [-0.2, -0.15) is 5.26 Å². The van der Waals surface area contributed by atoms with E-state index in [0.717, 1.165) is 31.7 Å². The Hall–Kier alpha value is -2.00. The number of ether oxygens (including phenoxy) is 1. The summed E-state index contributed by atoms with van der Waals surface area (Å²) in [5, 5.41) is 12.2. The van der Waals surface area contributed by atoms with Crippen LogP contribution in [0.15, 0.2) is 12.1 Å². The quantitative estimate of drug-likeness (QED) is 0.927. The molecule has 0 aliphatic carbocycles. The standard InChI is InChI=1S/C14H17ClN4O2/c1-2-21-14(20)17-10-5-7-19(8-6-10)13-4-3-11(15)12(9-16)18-13/h3-4,10H,2,5-8H2,1H3,(H,17,20). The van der Waals surface area contributed by atoms with Crippen molar-refractivity contribution in [3.05, 3.63) is 22.8 Å². The highest BCUT2D eigenvalue weighted by molar-refractivity contribution is 6.31. The third-order valence-corrected chi connectivity index (χ3v) is 3.66. The van der Waals surface area contributed by atoms with E-state index < -0.39 is 0 Å². The molecule has 112 valence electrons. The van der Waals surface area contributed by atoms with Crippen LogP contribution in [0.2, 0.25) is 5.02 Å². The fourth-order valence-electron chi connectivity index (χ4n) is 2.28. The molecule has 1 aromatic rings. The topological polar surface area (TPSA) is 78.2 Å². The highest BCUT2D eigenvalue weighted by Crippen LogP contribution is 2.22. The summed E-state index contributed by atoms with van der Waals surface area (Å²) in [6, 6.07) is 5.59. The molecule has 1 aromatic heterocycles. The van der Waals surface area contributed by atoms with Gasteiger partial charge >= 0.3 is 6.09 Å². The van der Waals surface area contributed by atoms with Crippen molar-refractivity contribution in [2.24, 2.45) is 0 Å². The number of nitrogens with zero attached hydrogens (tertiary/aromatic N) is 3. The molecule has 0 aromatic carbocycles. The molecule has 6 nitrogen and oxygen atoms in total. The first-order chi connectivity index (χ1) is 10.1. The lowest BCUT2D eigenvalue weighted by molar-refractivity contribution is 0.146. The third kappa shape index (κ3) is 3.99. The predicted molar refractivity (Wildman–Crippen MR) is 79.4 cm³/mol. The maximum atomic E-state index is 11.4. The molecule has 1 amide bonds. The number of amides is 1. The van der Waals surface area contributed by atoms with Gasteiger partial charge in [0.05, 0.1) is 11.6 Å². The van der Waals surface area contributed by atoms with Crippen LogP contribution in [0.25, 0.3) is 0 Å². The van der Waals surface area contributed by atoms with Gasteiger partial charge in [-0.15, -0.1) is 0 Å². The Labute approximate surface area is 128 Å². The Morgan fingerprint density at radius 2 is 2.29 bits per heavy atom. The Bertz CT molecular complexity index is 550. The summed E-state index contributed by atoms with van der Waals surface area (Å²) in [4.78, 5) is 17.7. The molecule has 21 heavy (non-hydrogen) atoms. The van der Waals surface area contributed by atoms with Crippen molar-refractivity contribution in [2.75, 3.05) is 24.6 Å². The number of hydrogen-bond acceptors (Lipinski definition) is 5. The average Bonchev–Trinajstić information content (AvgIpc) is 2.49. The van der Waals surface area contributed by atoms with Crippen molar-refractivity contribution in [1.29, 1.82) is 5.26 Å². The summed E-state index contributed by atoms with van der Waals surface area (Å²) >= 11 is 5.88. The highest BCUT2D eigenvalue weighted by Gasteiger charge is 2.22. The van der Waals surface area contributed by atoms with Crippen LogP contribution in [0, 0.1) is 11.3 Å². The van der Waals surface area contributed by atoms with Crippen molar-refractivity contribution in [3.63, 3.8) is 0 Å². The van der Waals surface area contributed by atoms with E-state index in [4.69, 9.17) is 21.6 Å². The highest BCUT2D eigenvalue weighted by atomic mass is 35.5. The van der Waals surface area contributed by atoms with E-state index in [9.17, 15) is 4.79 Å². The Morgan fingerprint density at radius 1 is 1.57 bits per heavy atom. The van der Waals surface area contributed by atoms with E-state index in [1.807, 2.05) is 12.1 Å². The van der Waals surface area contributed by atoms with E-state index in [1.165, 1.54) is 0 Å². The molecular formula is C14H17ClN4O2. The Morgan fingerprint density at radius 3 is 2.90 bits per heavy atom. The summed E-state index contributed by atoms with van der Waals surface area (Å²) in [5.41, 5.74) is 0.237. The summed E-state index contributed by atoms with van der Waals surface area (Å²) in [5.74, 6) is 0.741. The van der Waals surface area contributed by atoms with Gasteiger partial charge in [0.15, 0.2) is 5.69 Å². The number of anilines is 1. The normalized spacial score (nSPS) is 15.4. The molecule has 0 bridgehead atoms. The number of halogens is 1. The molecule has 0 radical (unpaired) electrons. The van der Waals surface area contributed by atoms with Crippen LogP contribution < -0.4 is 10.2 Å². The van der Waals surface area contributed by atoms with E-state index >= 15 is 0 Å². The van der Waals surface area contributed by atoms with Crippen LogP contribution in [0.1, 0.15) is 25.5 Å². The van der Waals surface area contributed by atoms with Gasteiger partial charge in [0.1, 0.15) is 11.9 Å². The van der Waals surface area contributed by atoms with Gasteiger partial charge in [-0.25, -0.2) is 9.78 Å². The number of alkyl carbamates (subject to hydrolysis) is 1. The minimum absolute atomic E-state index is 0.114. The van der Waals surface area contributed by atoms with Crippen LogP contribution >= 0.6 is 11.6 Å². The zero-order chi connectivity index (χ0) is 15.2. The number of rotatable bonds is 3. The van der Waals surface area contributed by atoms with Crippen molar-refractivity contribution >= 4 is 23.5 Å². The van der Waals surface area contributed by atoms with E-state index in [-0.39, 0.29) is 17.8 Å². The summed E-state index contributed by atoms with van der Waals surface area (Å²) in [6.45, 7) is 3.67. The largest absolute Gasteiger partial charge is 0.450 e. The second kappa shape index (κ2) is 7.14. The first-order valence-corrected chi connectivity index (χ1v) is 7.26. The first-order valence-electron chi connectivity index (χ1n) is 6.89. The maximum Gasteiger partial charge on any atom is 0.407 e. The lowest BCUT2D eigenvalue weighted by Gasteiger charge is -2.33. The van der Waals surface area contributed by atoms with Crippen molar-refractivity contribution in [1.82, 2.24) is 10.3 Å². The van der Waals surface area contributed by atoms with E-state index in [1.54, 1.807) is 13.0 Å². The lowest BCUT2D eigenvalue weighted by Crippen LogP contribution is -2.45. The van der Waals surface area contributed by atoms with Crippen LogP contribution in [0.3, 0.4) is 0 Å². The maximum absolute atomic E-state index is 11.4. The van der Waals surface area contributed by atoms with Gasteiger partial charge in [0, 0.05) is 19.1 Å². The lowest BCUT2D eigenvalue weighted by atomic mass is 10.1. The smallest absolute Gasteiger partial charge is 0.407 e. The third-order valence-electron chi connectivity index (χ3n) is 3.35. The van der Waals surface area contributed by atoms with Gasteiger partial charge in [0.25, 0.3) is 0 Å². The SMILES string of the molecule is CCOC(=O)NC1CCN(c2ccc(Cl)c(C#N)n2)CC1. The fraction of sp³-hybridized carbons (Fsp3) is 0.500. The average molecular weight is 309 g/mol. The molecule has 0 unspecified atom stereocenters. The van der Waals surface area contributed by atoms with Crippen LogP contribution in [-0.2, 0) is 4.74 Å². The number of pyridine rings is 1. The molecule has 1 fully saturated rings. The summed E-state index contributed by atoms with van der Waals surface area (Å²) < 4.78 is 4.87. The van der Waals surface area contributed by atoms with Crippen molar-refractivity contribution < 1.29 is 9.53 Å². The summed E-state index contributed by atoms with van der Waals surface area (Å²) in [7, 11) is 0. The van der Waals surface area contributed by atoms with E-state index in [0.29, 0.717) is 11.6 Å². The number of carbonyl (C=O) groups excluding carboxylic acids is 1. The first kappa shape index (κ1) is 15.4. The second-order valence-corrected chi connectivity index (χ2v) is 5.15. The van der Waals surface area contributed by atoms with Gasteiger partial charge in [0.2, 0.25) is 0 Å². The minimum Gasteiger partial charge on any atom is -0.450 e. The molecule has 2 heterocycles. The molecule has 1 saturated heterocycles. The van der Waals surface area contributed by atoms with Crippen LogP contribution in [-0.4, -0.2) is 36.8 Å². The number of carbonyl (C=O) groups is 1. The molecule has 0 saturated carbocycles. The molecular weight excluding hydrogens is 292 g/mol.